The lowest BCUT2D eigenvalue weighted by molar-refractivity contribution is -0.0114. The summed E-state index contributed by atoms with van der Waals surface area (Å²) in [6.07, 6.45) is 0.897. The third-order valence-electron chi connectivity index (χ3n) is 1.62. The molecule has 68 valence electrons. The molecule has 0 radical (unpaired) electrons. The molecule has 0 aromatic rings. The maximum absolute atomic E-state index is 5.26. The van der Waals surface area contributed by atoms with Crippen molar-refractivity contribution < 1.29 is 9.47 Å². The van der Waals surface area contributed by atoms with Gasteiger partial charge in [0.05, 0.1) is 17.6 Å². The van der Waals surface area contributed by atoms with Crippen LogP contribution in [0.3, 0.4) is 0 Å². The summed E-state index contributed by atoms with van der Waals surface area (Å²) >= 11 is 4.09. The van der Waals surface area contributed by atoms with E-state index in [-0.39, 0.29) is 11.0 Å². The fourth-order valence-corrected chi connectivity index (χ4v) is 0.683. The Balaban J connectivity index is 3.38. The molecular formula is C8H18O2S. The SMILES string of the molecule is COC(C)(C)CCOC(C)S. The van der Waals surface area contributed by atoms with Crippen molar-refractivity contribution in [2.75, 3.05) is 13.7 Å². The fourth-order valence-electron chi connectivity index (χ4n) is 0.577. The molecule has 0 heterocycles. The molecule has 0 rings (SSSR count). The molecular weight excluding hydrogens is 160 g/mol. The van der Waals surface area contributed by atoms with E-state index >= 15 is 0 Å². The first-order chi connectivity index (χ1) is 4.98. The topological polar surface area (TPSA) is 18.5 Å². The lowest BCUT2D eigenvalue weighted by Crippen LogP contribution is -2.24. The van der Waals surface area contributed by atoms with Gasteiger partial charge in [0, 0.05) is 7.11 Å². The number of rotatable bonds is 5. The zero-order valence-electron chi connectivity index (χ0n) is 7.76. The van der Waals surface area contributed by atoms with Crippen LogP contribution in [0.4, 0.5) is 0 Å². The van der Waals surface area contributed by atoms with E-state index in [1.54, 1.807) is 7.11 Å². The second-order valence-corrected chi connectivity index (χ2v) is 3.91. The van der Waals surface area contributed by atoms with E-state index in [0.29, 0.717) is 6.61 Å². The summed E-state index contributed by atoms with van der Waals surface area (Å²) < 4.78 is 10.5. The summed E-state index contributed by atoms with van der Waals surface area (Å²) in [7, 11) is 1.71. The monoisotopic (exact) mass is 178 g/mol. The number of thiol groups is 1. The van der Waals surface area contributed by atoms with Gasteiger partial charge in [-0.05, 0) is 27.2 Å². The Kier molecular flexibility index (Phi) is 5.13. The van der Waals surface area contributed by atoms with Crippen LogP contribution in [0.1, 0.15) is 27.2 Å². The maximum Gasteiger partial charge on any atom is 0.0971 e. The molecule has 0 bridgehead atoms. The third-order valence-corrected chi connectivity index (χ3v) is 1.76. The molecule has 11 heavy (non-hydrogen) atoms. The molecule has 1 atom stereocenters. The van der Waals surface area contributed by atoms with Crippen LogP contribution in [0.25, 0.3) is 0 Å². The largest absolute Gasteiger partial charge is 0.379 e. The van der Waals surface area contributed by atoms with Crippen LogP contribution in [0, 0.1) is 0 Å². The highest BCUT2D eigenvalue weighted by Crippen LogP contribution is 2.13. The minimum Gasteiger partial charge on any atom is -0.379 e. The van der Waals surface area contributed by atoms with Crippen LogP contribution in [-0.4, -0.2) is 24.8 Å². The maximum atomic E-state index is 5.26. The van der Waals surface area contributed by atoms with Crippen LogP contribution in [-0.2, 0) is 9.47 Å². The molecule has 1 unspecified atom stereocenters. The van der Waals surface area contributed by atoms with Crippen molar-refractivity contribution >= 4 is 12.6 Å². The molecule has 2 nitrogen and oxygen atoms in total. The van der Waals surface area contributed by atoms with Crippen molar-refractivity contribution in [3.63, 3.8) is 0 Å². The fraction of sp³-hybridized carbons (Fsp3) is 1.00. The van der Waals surface area contributed by atoms with E-state index in [1.807, 2.05) is 20.8 Å². The van der Waals surface area contributed by atoms with Crippen molar-refractivity contribution in [3.8, 4) is 0 Å². The highest BCUT2D eigenvalue weighted by molar-refractivity contribution is 7.80. The second-order valence-electron chi connectivity index (χ2n) is 3.18. The Morgan fingerprint density at radius 1 is 1.45 bits per heavy atom. The lowest BCUT2D eigenvalue weighted by Gasteiger charge is -2.22. The molecule has 0 aliphatic rings. The second kappa shape index (κ2) is 5.01. The van der Waals surface area contributed by atoms with E-state index in [0.717, 1.165) is 6.42 Å². The summed E-state index contributed by atoms with van der Waals surface area (Å²) in [5.41, 5.74) is -0.0643. The van der Waals surface area contributed by atoms with Gasteiger partial charge in [0.25, 0.3) is 0 Å². The third kappa shape index (κ3) is 6.66. The van der Waals surface area contributed by atoms with Gasteiger partial charge in [0.15, 0.2) is 0 Å². The van der Waals surface area contributed by atoms with Crippen molar-refractivity contribution in [1.82, 2.24) is 0 Å². The van der Waals surface area contributed by atoms with Gasteiger partial charge in [-0.25, -0.2) is 0 Å². The number of ether oxygens (including phenoxy) is 2. The van der Waals surface area contributed by atoms with E-state index in [2.05, 4.69) is 12.6 Å². The average molecular weight is 178 g/mol. The van der Waals surface area contributed by atoms with E-state index in [9.17, 15) is 0 Å². The predicted octanol–water partition coefficient (Wildman–Crippen LogP) is 2.09. The zero-order valence-corrected chi connectivity index (χ0v) is 8.65. The van der Waals surface area contributed by atoms with Gasteiger partial charge in [-0.3, -0.25) is 0 Å². The smallest absolute Gasteiger partial charge is 0.0971 e. The first-order valence-corrected chi connectivity index (χ1v) is 4.34. The quantitative estimate of drug-likeness (QED) is 0.513. The Morgan fingerprint density at radius 3 is 2.36 bits per heavy atom. The molecule has 0 N–H and O–H groups in total. The molecule has 3 heteroatoms. The zero-order chi connectivity index (χ0) is 8.91. The minimum absolute atomic E-state index is 0.0163. The lowest BCUT2D eigenvalue weighted by atomic mass is 10.1. The van der Waals surface area contributed by atoms with Crippen LogP contribution >= 0.6 is 12.6 Å². The van der Waals surface area contributed by atoms with Crippen LogP contribution in [0.2, 0.25) is 0 Å². The molecule has 0 aromatic carbocycles. The van der Waals surface area contributed by atoms with Crippen LogP contribution in [0.15, 0.2) is 0 Å². The number of hydrogen-bond donors (Lipinski definition) is 1. The van der Waals surface area contributed by atoms with Gasteiger partial charge in [0.1, 0.15) is 0 Å². The summed E-state index contributed by atoms with van der Waals surface area (Å²) in [5, 5.41) is 0. The van der Waals surface area contributed by atoms with Crippen molar-refractivity contribution in [2.24, 2.45) is 0 Å². The van der Waals surface area contributed by atoms with Gasteiger partial charge in [-0.2, -0.15) is 0 Å². The van der Waals surface area contributed by atoms with Gasteiger partial charge in [-0.1, -0.05) is 0 Å². The first kappa shape index (κ1) is 11.3. The molecule has 0 aliphatic carbocycles. The van der Waals surface area contributed by atoms with Gasteiger partial charge in [0.2, 0.25) is 0 Å². The standard InChI is InChI=1S/C8H18O2S/c1-7(11)10-6-5-8(2,3)9-4/h7,11H,5-6H2,1-4H3. The van der Waals surface area contributed by atoms with E-state index in [1.165, 1.54) is 0 Å². The highest BCUT2D eigenvalue weighted by Gasteiger charge is 2.15. The molecule has 0 saturated carbocycles. The Morgan fingerprint density at radius 2 is 2.00 bits per heavy atom. The van der Waals surface area contributed by atoms with Gasteiger partial charge in [-0.15, -0.1) is 12.6 Å². The summed E-state index contributed by atoms with van der Waals surface area (Å²) in [4.78, 5) is 0. The molecule has 0 spiro atoms. The number of methoxy groups -OCH3 is 1. The normalized spacial score (nSPS) is 15.0. The van der Waals surface area contributed by atoms with E-state index in [4.69, 9.17) is 9.47 Å². The first-order valence-electron chi connectivity index (χ1n) is 3.83. The van der Waals surface area contributed by atoms with Gasteiger partial charge >= 0.3 is 0 Å². The van der Waals surface area contributed by atoms with Crippen LogP contribution in [0.5, 0.6) is 0 Å². The molecule has 0 aromatic heterocycles. The minimum atomic E-state index is -0.0807. The molecule has 0 fully saturated rings. The van der Waals surface area contributed by atoms with Crippen molar-refractivity contribution in [2.45, 2.75) is 38.2 Å². The average Bonchev–Trinajstić information content (AvgIpc) is 1.87. The van der Waals surface area contributed by atoms with E-state index < -0.39 is 0 Å². The van der Waals surface area contributed by atoms with Crippen LogP contribution < -0.4 is 0 Å². The molecule has 0 amide bonds. The Bertz CT molecular complexity index is 102. The predicted molar refractivity (Wildman–Crippen MR) is 50.1 cm³/mol. The molecule has 0 saturated heterocycles. The van der Waals surface area contributed by atoms with Crippen molar-refractivity contribution in [1.29, 1.82) is 0 Å². The summed E-state index contributed by atoms with van der Waals surface area (Å²) in [5.74, 6) is 0. The highest BCUT2D eigenvalue weighted by atomic mass is 32.1. The Labute approximate surface area is 74.7 Å². The van der Waals surface area contributed by atoms with Crippen molar-refractivity contribution in [3.05, 3.63) is 0 Å². The Hall–Kier alpha value is 0.270. The molecule has 0 aliphatic heterocycles. The summed E-state index contributed by atoms with van der Waals surface area (Å²) in [6, 6.07) is 0. The number of hydrogen-bond acceptors (Lipinski definition) is 3. The van der Waals surface area contributed by atoms with Gasteiger partial charge < -0.3 is 9.47 Å². The summed E-state index contributed by atoms with van der Waals surface area (Å²) in [6.45, 7) is 6.69.